The summed E-state index contributed by atoms with van der Waals surface area (Å²) in [6.07, 6.45) is 1.36. The van der Waals surface area contributed by atoms with Gasteiger partial charge in [0.25, 0.3) is 0 Å². The zero-order valence-corrected chi connectivity index (χ0v) is 16.8. The van der Waals surface area contributed by atoms with Crippen molar-refractivity contribution in [1.29, 1.82) is 0 Å². The summed E-state index contributed by atoms with van der Waals surface area (Å²) in [5.41, 5.74) is 1.48. The average Bonchev–Trinajstić information content (AvgIpc) is 3.02. The predicted octanol–water partition coefficient (Wildman–Crippen LogP) is 5.73. The molecule has 0 amide bonds. The maximum Gasteiger partial charge on any atom is 0.344 e. The van der Waals surface area contributed by atoms with Gasteiger partial charge in [-0.1, -0.05) is 30.3 Å². The number of ketones is 1. The summed E-state index contributed by atoms with van der Waals surface area (Å²) < 4.78 is 25.7. The molecular weight excluding hydrogens is 439 g/mol. The number of ether oxygens (including phenoxy) is 2. The highest BCUT2D eigenvalue weighted by atomic mass is 79.9. The van der Waals surface area contributed by atoms with E-state index in [0.29, 0.717) is 26.9 Å². The van der Waals surface area contributed by atoms with Crippen LogP contribution in [0.3, 0.4) is 0 Å². The fraction of sp³-hybridized carbons (Fsp3) is 0.0435. The number of hydrogen-bond donors (Lipinski definition) is 0. The molecule has 0 bridgehead atoms. The summed E-state index contributed by atoms with van der Waals surface area (Å²) in [6, 6.07) is 16.1. The van der Waals surface area contributed by atoms with Crippen LogP contribution in [0, 0.1) is 12.7 Å². The molecule has 0 spiro atoms. The van der Waals surface area contributed by atoms with E-state index in [9.17, 15) is 14.0 Å². The Morgan fingerprint density at radius 3 is 2.55 bits per heavy atom. The van der Waals surface area contributed by atoms with Gasteiger partial charge in [-0.15, -0.1) is 0 Å². The molecular formula is C23H14BrFO4. The van der Waals surface area contributed by atoms with Crippen LogP contribution >= 0.6 is 15.9 Å². The van der Waals surface area contributed by atoms with Gasteiger partial charge in [-0.3, -0.25) is 4.79 Å². The molecule has 29 heavy (non-hydrogen) atoms. The lowest BCUT2D eigenvalue weighted by Crippen LogP contribution is -2.10. The Morgan fingerprint density at radius 1 is 1.07 bits per heavy atom. The largest absolute Gasteiger partial charge is 0.452 e. The van der Waals surface area contributed by atoms with Crippen molar-refractivity contribution in [2.24, 2.45) is 0 Å². The van der Waals surface area contributed by atoms with E-state index in [-0.39, 0.29) is 22.9 Å². The first-order valence-corrected chi connectivity index (χ1v) is 9.54. The lowest BCUT2D eigenvalue weighted by Gasteiger charge is -2.10. The summed E-state index contributed by atoms with van der Waals surface area (Å²) in [7, 11) is 0. The third kappa shape index (κ3) is 3.59. The molecule has 1 aliphatic heterocycles. The van der Waals surface area contributed by atoms with E-state index in [1.807, 2.05) is 0 Å². The zero-order chi connectivity index (χ0) is 20.5. The monoisotopic (exact) mass is 452 g/mol. The molecule has 4 nitrogen and oxygen atoms in total. The van der Waals surface area contributed by atoms with E-state index in [4.69, 9.17) is 9.47 Å². The van der Waals surface area contributed by atoms with Crippen molar-refractivity contribution in [2.75, 3.05) is 0 Å². The highest BCUT2D eigenvalue weighted by Crippen LogP contribution is 2.39. The zero-order valence-electron chi connectivity index (χ0n) is 15.2. The van der Waals surface area contributed by atoms with E-state index in [0.717, 1.165) is 0 Å². The van der Waals surface area contributed by atoms with Gasteiger partial charge in [-0.25, -0.2) is 9.18 Å². The van der Waals surface area contributed by atoms with Crippen molar-refractivity contribution in [3.8, 4) is 11.5 Å². The van der Waals surface area contributed by atoms with Crippen molar-refractivity contribution >= 4 is 33.8 Å². The Morgan fingerprint density at radius 2 is 1.79 bits per heavy atom. The second kappa shape index (κ2) is 7.64. The standard InChI is InChI=1S/C23H14BrFO4/c1-13-19(29-23(27)15-7-3-4-8-17(15)24)11-10-16-21(26)20(28-22(13)16)12-14-6-2-5-9-18(14)25/h2-12H,1H3/b20-12-. The van der Waals surface area contributed by atoms with Crippen LogP contribution < -0.4 is 9.47 Å². The van der Waals surface area contributed by atoms with Crippen LogP contribution in [0.4, 0.5) is 4.39 Å². The number of fused-ring (bicyclic) bond motifs is 1. The number of carbonyl (C=O) groups is 2. The van der Waals surface area contributed by atoms with Gasteiger partial charge in [0.1, 0.15) is 17.3 Å². The maximum atomic E-state index is 13.9. The summed E-state index contributed by atoms with van der Waals surface area (Å²) in [5, 5.41) is 0. The molecule has 144 valence electrons. The third-order valence-corrected chi connectivity index (χ3v) is 5.22. The van der Waals surface area contributed by atoms with Crippen LogP contribution in [0.15, 0.2) is 70.9 Å². The maximum absolute atomic E-state index is 13.9. The van der Waals surface area contributed by atoms with Crippen molar-refractivity contribution in [2.45, 2.75) is 6.92 Å². The SMILES string of the molecule is Cc1c(OC(=O)c2ccccc2Br)ccc2c1O/C(=C\c1ccccc1F)C2=O. The molecule has 0 saturated heterocycles. The van der Waals surface area contributed by atoms with Gasteiger partial charge in [-0.05, 0) is 59.3 Å². The van der Waals surface area contributed by atoms with Gasteiger partial charge in [0, 0.05) is 15.6 Å². The predicted molar refractivity (Wildman–Crippen MR) is 110 cm³/mol. The first kappa shape index (κ1) is 19.1. The van der Waals surface area contributed by atoms with Crippen LogP contribution in [0.1, 0.15) is 31.8 Å². The Balaban J connectivity index is 1.64. The molecule has 0 fully saturated rings. The van der Waals surface area contributed by atoms with Crippen LogP contribution in [-0.4, -0.2) is 11.8 Å². The van der Waals surface area contributed by atoms with E-state index in [1.165, 1.54) is 18.2 Å². The fourth-order valence-electron chi connectivity index (χ4n) is 2.99. The molecule has 0 atom stereocenters. The molecule has 0 saturated carbocycles. The smallest absolute Gasteiger partial charge is 0.344 e. The summed E-state index contributed by atoms with van der Waals surface area (Å²) >= 11 is 3.32. The average molecular weight is 453 g/mol. The molecule has 3 aromatic rings. The number of allylic oxidation sites excluding steroid dienone is 1. The number of hydrogen-bond acceptors (Lipinski definition) is 4. The lowest BCUT2D eigenvalue weighted by molar-refractivity contribution is 0.0732. The van der Waals surface area contributed by atoms with Gasteiger partial charge in [-0.2, -0.15) is 0 Å². The summed E-state index contributed by atoms with van der Waals surface area (Å²) in [6.45, 7) is 1.70. The van der Waals surface area contributed by atoms with E-state index < -0.39 is 11.8 Å². The van der Waals surface area contributed by atoms with Crippen LogP contribution in [0.25, 0.3) is 6.08 Å². The van der Waals surface area contributed by atoms with E-state index in [2.05, 4.69) is 15.9 Å². The minimum absolute atomic E-state index is 0.0162. The van der Waals surface area contributed by atoms with Gasteiger partial charge >= 0.3 is 5.97 Å². The first-order valence-electron chi connectivity index (χ1n) is 8.75. The highest BCUT2D eigenvalue weighted by molar-refractivity contribution is 9.10. The molecule has 0 aliphatic carbocycles. The molecule has 6 heteroatoms. The van der Waals surface area contributed by atoms with Crippen molar-refractivity contribution < 1.29 is 23.5 Å². The van der Waals surface area contributed by atoms with Crippen LogP contribution in [0.5, 0.6) is 11.5 Å². The second-order valence-electron chi connectivity index (χ2n) is 6.40. The van der Waals surface area contributed by atoms with Crippen molar-refractivity contribution in [1.82, 2.24) is 0 Å². The Bertz CT molecular complexity index is 1180. The lowest BCUT2D eigenvalue weighted by atomic mass is 10.1. The topological polar surface area (TPSA) is 52.6 Å². The molecule has 3 aromatic carbocycles. The van der Waals surface area contributed by atoms with Gasteiger partial charge in [0.2, 0.25) is 5.78 Å². The molecule has 1 heterocycles. The first-order chi connectivity index (χ1) is 14.0. The Kier molecular flexibility index (Phi) is 5.03. The molecule has 4 rings (SSSR count). The minimum Gasteiger partial charge on any atom is -0.452 e. The quantitative estimate of drug-likeness (QED) is 0.289. The number of Topliss-reactive ketones (excluding diaryl/α,β-unsaturated/α-hetero) is 1. The minimum atomic E-state index is -0.535. The normalized spacial score (nSPS) is 13.9. The van der Waals surface area contributed by atoms with Crippen molar-refractivity contribution in [3.63, 3.8) is 0 Å². The molecule has 0 radical (unpaired) electrons. The van der Waals surface area contributed by atoms with Gasteiger partial charge < -0.3 is 9.47 Å². The van der Waals surface area contributed by atoms with Crippen LogP contribution in [-0.2, 0) is 0 Å². The van der Waals surface area contributed by atoms with E-state index >= 15 is 0 Å². The number of halogens is 2. The molecule has 0 N–H and O–H groups in total. The summed E-state index contributed by atoms with van der Waals surface area (Å²) in [5.74, 6) is -0.740. The number of rotatable bonds is 3. The Hall–Kier alpha value is -3.25. The van der Waals surface area contributed by atoms with Gasteiger partial charge in [0.15, 0.2) is 5.76 Å². The fourth-order valence-corrected chi connectivity index (χ4v) is 3.44. The molecule has 1 aliphatic rings. The second-order valence-corrected chi connectivity index (χ2v) is 7.25. The summed E-state index contributed by atoms with van der Waals surface area (Å²) in [4.78, 5) is 25.1. The van der Waals surface area contributed by atoms with Crippen LogP contribution in [0.2, 0.25) is 0 Å². The molecule has 0 aromatic heterocycles. The third-order valence-electron chi connectivity index (χ3n) is 4.52. The number of carbonyl (C=O) groups excluding carboxylic acids is 2. The van der Waals surface area contributed by atoms with Gasteiger partial charge in [0.05, 0.1) is 11.1 Å². The van der Waals surface area contributed by atoms with Crippen molar-refractivity contribution in [3.05, 3.63) is 99.0 Å². The number of esters is 1. The number of benzene rings is 3. The Labute approximate surface area is 174 Å². The van der Waals surface area contributed by atoms with E-state index in [1.54, 1.807) is 55.5 Å². The highest BCUT2D eigenvalue weighted by Gasteiger charge is 2.31. The molecule has 0 unspecified atom stereocenters.